The SMILES string of the molecule is CCCNC1CCCCCCC1Sc1cccc(OC)c1. The lowest BCUT2D eigenvalue weighted by atomic mass is 9.96. The maximum absolute atomic E-state index is 5.35. The average Bonchev–Trinajstić information content (AvgIpc) is 2.50. The minimum absolute atomic E-state index is 0.654. The largest absolute Gasteiger partial charge is 0.497 e. The number of methoxy groups -OCH3 is 1. The summed E-state index contributed by atoms with van der Waals surface area (Å²) in [5.74, 6) is 0.962. The Morgan fingerprint density at radius 3 is 2.76 bits per heavy atom. The van der Waals surface area contributed by atoms with Crippen LogP contribution in [0.15, 0.2) is 29.2 Å². The van der Waals surface area contributed by atoms with Crippen LogP contribution in [0.5, 0.6) is 5.75 Å². The van der Waals surface area contributed by atoms with E-state index in [1.54, 1.807) is 7.11 Å². The molecule has 1 saturated carbocycles. The van der Waals surface area contributed by atoms with Gasteiger partial charge in [0.05, 0.1) is 7.11 Å². The molecule has 1 aliphatic carbocycles. The molecule has 3 heteroatoms. The Morgan fingerprint density at radius 1 is 1.19 bits per heavy atom. The summed E-state index contributed by atoms with van der Waals surface area (Å²) in [7, 11) is 1.74. The number of hydrogen-bond donors (Lipinski definition) is 1. The van der Waals surface area contributed by atoms with Gasteiger partial charge in [0.1, 0.15) is 5.75 Å². The third-order valence-corrected chi connectivity index (χ3v) is 5.58. The topological polar surface area (TPSA) is 21.3 Å². The fraction of sp³-hybridized carbons (Fsp3) is 0.667. The number of thioether (sulfide) groups is 1. The first kappa shape index (κ1) is 16.7. The lowest BCUT2D eigenvalue weighted by Gasteiger charge is -2.30. The molecule has 0 saturated heterocycles. The molecule has 2 rings (SSSR count). The van der Waals surface area contributed by atoms with Gasteiger partial charge in [-0.3, -0.25) is 0 Å². The molecule has 21 heavy (non-hydrogen) atoms. The first-order valence-corrected chi connectivity index (χ1v) is 9.25. The monoisotopic (exact) mass is 307 g/mol. The van der Waals surface area contributed by atoms with Crippen molar-refractivity contribution in [3.8, 4) is 5.75 Å². The van der Waals surface area contributed by atoms with Crippen LogP contribution in [0.3, 0.4) is 0 Å². The van der Waals surface area contributed by atoms with Crippen LogP contribution >= 0.6 is 11.8 Å². The number of rotatable bonds is 6. The number of hydrogen-bond acceptors (Lipinski definition) is 3. The maximum Gasteiger partial charge on any atom is 0.119 e. The van der Waals surface area contributed by atoms with E-state index in [0.29, 0.717) is 11.3 Å². The molecule has 0 aliphatic heterocycles. The van der Waals surface area contributed by atoms with Crippen LogP contribution in [0, 0.1) is 0 Å². The molecular formula is C18H29NOS. The van der Waals surface area contributed by atoms with Gasteiger partial charge in [0.25, 0.3) is 0 Å². The van der Waals surface area contributed by atoms with Crippen LogP contribution in [0.25, 0.3) is 0 Å². The molecule has 0 amide bonds. The first-order valence-electron chi connectivity index (χ1n) is 8.37. The highest BCUT2D eigenvalue weighted by molar-refractivity contribution is 8.00. The Bertz CT molecular complexity index is 408. The van der Waals surface area contributed by atoms with Gasteiger partial charge < -0.3 is 10.1 Å². The summed E-state index contributed by atoms with van der Waals surface area (Å²) in [5, 5.41) is 4.47. The predicted molar refractivity (Wildman–Crippen MR) is 92.4 cm³/mol. The molecule has 0 heterocycles. The highest BCUT2D eigenvalue weighted by Gasteiger charge is 2.23. The second kappa shape index (κ2) is 9.37. The molecule has 0 radical (unpaired) electrons. The van der Waals surface area contributed by atoms with Gasteiger partial charge in [-0.15, -0.1) is 11.8 Å². The number of benzene rings is 1. The summed E-state index contributed by atoms with van der Waals surface area (Å²) in [6.45, 7) is 3.39. The van der Waals surface area contributed by atoms with Gasteiger partial charge in [0, 0.05) is 16.2 Å². The van der Waals surface area contributed by atoms with Gasteiger partial charge in [-0.2, -0.15) is 0 Å². The molecular weight excluding hydrogens is 278 g/mol. The number of nitrogens with one attached hydrogen (secondary N) is 1. The summed E-state index contributed by atoms with van der Waals surface area (Å²) in [6.07, 6.45) is 9.40. The van der Waals surface area contributed by atoms with Gasteiger partial charge in [-0.05, 0) is 44.0 Å². The van der Waals surface area contributed by atoms with E-state index in [1.165, 1.54) is 49.8 Å². The van der Waals surface area contributed by atoms with Gasteiger partial charge in [-0.1, -0.05) is 38.7 Å². The van der Waals surface area contributed by atoms with Crippen molar-refractivity contribution in [3.05, 3.63) is 24.3 Å². The van der Waals surface area contributed by atoms with E-state index in [0.717, 1.165) is 12.3 Å². The standard InChI is InChI=1S/C18H29NOS/c1-3-13-19-17-11-6-4-5-7-12-18(17)21-16-10-8-9-15(14-16)20-2/h8-10,14,17-19H,3-7,11-13H2,1-2H3. The van der Waals surface area contributed by atoms with Crippen molar-refractivity contribution in [2.75, 3.05) is 13.7 Å². The van der Waals surface area contributed by atoms with Crippen molar-refractivity contribution in [2.45, 2.75) is 68.1 Å². The van der Waals surface area contributed by atoms with Crippen LogP contribution in [0.4, 0.5) is 0 Å². The highest BCUT2D eigenvalue weighted by atomic mass is 32.2. The van der Waals surface area contributed by atoms with Crippen LogP contribution in [0.1, 0.15) is 51.9 Å². The Labute approximate surface area is 134 Å². The maximum atomic E-state index is 5.35. The Morgan fingerprint density at radius 2 is 2.00 bits per heavy atom. The second-order valence-electron chi connectivity index (χ2n) is 5.89. The molecule has 2 atom stereocenters. The van der Waals surface area contributed by atoms with Crippen molar-refractivity contribution >= 4 is 11.8 Å². The van der Waals surface area contributed by atoms with Crippen molar-refractivity contribution < 1.29 is 4.74 Å². The minimum atomic E-state index is 0.654. The van der Waals surface area contributed by atoms with Crippen molar-refractivity contribution in [1.82, 2.24) is 5.32 Å². The molecule has 2 unspecified atom stereocenters. The van der Waals surface area contributed by atoms with Crippen molar-refractivity contribution in [3.63, 3.8) is 0 Å². The van der Waals surface area contributed by atoms with Gasteiger partial charge in [0.15, 0.2) is 0 Å². The number of ether oxygens (including phenoxy) is 1. The van der Waals surface area contributed by atoms with E-state index < -0.39 is 0 Å². The van der Waals surface area contributed by atoms with Crippen LogP contribution in [0.2, 0.25) is 0 Å². The fourth-order valence-corrected chi connectivity index (χ4v) is 4.38. The van der Waals surface area contributed by atoms with Gasteiger partial charge in [0.2, 0.25) is 0 Å². The summed E-state index contributed by atoms with van der Waals surface area (Å²) in [6, 6.07) is 9.15. The quantitative estimate of drug-likeness (QED) is 0.809. The minimum Gasteiger partial charge on any atom is -0.497 e. The zero-order chi connectivity index (χ0) is 14.9. The van der Waals surface area contributed by atoms with Crippen molar-refractivity contribution in [2.24, 2.45) is 0 Å². The van der Waals surface area contributed by atoms with E-state index in [-0.39, 0.29) is 0 Å². The summed E-state index contributed by atoms with van der Waals surface area (Å²) in [4.78, 5) is 1.34. The lowest BCUT2D eigenvalue weighted by molar-refractivity contribution is 0.399. The molecule has 0 spiro atoms. The van der Waals surface area contributed by atoms with E-state index in [9.17, 15) is 0 Å². The highest BCUT2D eigenvalue weighted by Crippen LogP contribution is 2.34. The lowest BCUT2D eigenvalue weighted by Crippen LogP contribution is -2.39. The van der Waals surface area contributed by atoms with Gasteiger partial charge >= 0.3 is 0 Å². The predicted octanol–water partition coefficient (Wildman–Crippen LogP) is 4.88. The summed E-state index contributed by atoms with van der Waals surface area (Å²) in [5.41, 5.74) is 0. The Balaban J connectivity index is 2.03. The third kappa shape index (κ3) is 5.55. The summed E-state index contributed by atoms with van der Waals surface area (Å²) >= 11 is 2.03. The molecule has 0 aromatic heterocycles. The molecule has 118 valence electrons. The molecule has 2 nitrogen and oxygen atoms in total. The average molecular weight is 308 g/mol. The molecule has 0 bridgehead atoms. The molecule has 1 N–H and O–H groups in total. The molecule has 1 aliphatic rings. The summed E-state index contributed by atoms with van der Waals surface area (Å²) < 4.78 is 5.35. The zero-order valence-corrected chi connectivity index (χ0v) is 14.3. The van der Waals surface area contributed by atoms with E-state index in [2.05, 4.69) is 30.4 Å². The zero-order valence-electron chi connectivity index (χ0n) is 13.4. The van der Waals surface area contributed by atoms with E-state index >= 15 is 0 Å². The molecule has 1 fully saturated rings. The molecule has 1 aromatic carbocycles. The van der Waals surface area contributed by atoms with Crippen LogP contribution < -0.4 is 10.1 Å². The normalized spacial score (nSPS) is 23.3. The third-order valence-electron chi connectivity index (χ3n) is 4.19. The van der Waals surface area contributed by atoms with Crippen LogP contribution in [-0.2, 0) is 0 Å². The smallest absolute Gasteiger partial charge is 0.119 e. The van der Waals surface area contributed by atoms with E-state index in [4.69, 9.17) is 4.74 Å². The molecule has 1 aromatic rings. The van der Waals surface area contributed by atoms with Crippen LogP contribution in [-0.4, -0.2) is 24.9 Å². The van der Waals surface area contributed by atoms with Crippen molar-refractivity contribution in [1.29, 1.82) is 0 Å². The van der Waals surface area contributed by atoms with Gasteiger partial charge in [-0.25, -0.2) is 0 Å². The fourth-order valence-electron chi connectivity index (χ4n) is 3.00. The first-order chi connectivity index (χ1) is 10.3. The Hall–Kier alpha value is -0.670. The van der Waals surface area contributed by atoms with E-state index in [1.807, 2.05) is 17.8 Å². The Kier molecular flexibility index (Phi) is 7.45. The second-order valence-corrected chi connectivity index (χ2v) is 7.20.